The van der Waals surface area contributed by atoms with Crippen LogP contribution in [-0.2, 0) is 11.4 Å². The van der Waals surface area contributed by atoms with E-state index in [2.05, 4.69) is 29.4 Å². The molecule has 3 N–H and O–H groups in total. The van der Waals surface area contributed by atoms with E-state index in [0.29, 0.717) is 32.3 Å². The van der Waals surface area contributed by atoms with Crippen LogP contribution in [0.2, 0.25) is 5.02 Å². The summed E-state index contributed by atoms with van der Waals surface area (Å²) in [4.78, 5) is 23.9. The molecule has 2 amide bonds. The molecule has 11 heteroatoms. The molecule has 170 valence electrons. The number of nitrogens with zero attached hydrogens (tertiary/aromatic N) is 3. The van der Waals surface area contributed by atoms with Crippen LogP contribution in [-0.4, -0.2) is 32.3 Å². The van der Waals surface area contributed by atoms with E-state index in [1.165, 1.54) is 23.1 Å². The summed E-state index contributed by atoms with van der Waals surface area (Å²) in [5.74, 6) is 0.511. The van der Waals surface area contributed by atoms with Crippen molar-refractivity contribution in [3.8, 4) is 5.75 Å². The Bertz CT molecular complexity index is 1080. The van der Waals surface area contributed by atoms with Gasteiger partial charge in [0.05, 0.1) is 16.3 Å². The highest BCUT2D eigenvalue weighted by Gasteiger charge is 2.21. The molecule has 0 unspecified atom stereocenters. The smallest absolute Gasteiger partial charge is 0.251 e. The fourth-order valence-corrected chi connectivity index (χ4v) is 4.95. The van der Waals surface area contributed by atoms with Crippen molar-refractivity contribution in [2.75, 3.05) is 11.1 Å². The first-order chi connectivity index (χ1) is 15.4. The Morgan fingerprint density at radius 1 is 1.25 bits per heavy atom. The number of nitrogens with one attached hydrogen (secondary N) is 1. The van der Waals surface area contributed by atoms with Crippen LogP contribution in [0.4, 0.5) is 5.00 Å². The predicted molar refractivity (Wildman–Crippen MR) is 128 cm³/mol. The molecular formula is C21H24ClN5O3S2. The number of aromatic nitrogens is 3. The molecule has 0 fully saturated rings. The van der Waals surface area contributed by atoms with Crippen LogP contribution in [0.3, 0.4) is 0 Å². The molecule has 0 aliphatic rings. The van der Waals surface area contributed by atoms with Crippen molar-refractivity contribution < 1.29 is 14.3 Å². The number of rotatable bonds is 11. The average molecular weight is 494 g/mol. The van der Waals surface area contributed by atoms with Crippen LogP contribution in [0.15, 0.2) is 40.9 Å². The van der Waals surface area contributed by atoms with E-state index in [1.807, 2.05) is 16.7 Å². The van der Waals surface area contributed by atoms with Gasteiger partial charge in [-0.15, -0.1) is 21.5 Å². The number of primary amides is 1. The van der Waals surface area contributed by atoms with Crippen LogP contribution >= 0.6 is 34.7 Å². The highest BCUT2D eigenvalue weighted by atomic mass is 35.5. The highest BCUT2D eigenvalue weighted by molar-refractivity contribution is 7.99. The number of amides is 2. The van der Waals surface area contributed by atoms with Crippen LogP contribution in [0.1, 0.15) is 48.9 Å². The molecule has 0 aliphatic heterocycles. The first-order valence-electron chi connectivity index (χ1n) is 10.1. The largest absolute Gasteiger partial charge is 0.484 e. The molecule has 2 aromatic heterocycles. The Hall–Kier alpha value is -2.56. The minimum Gasteiger partial charge on any atom is -0.484 e. The summed E-state index contributed by atoms with van der Waals surface area (Å²) >= 11 is 8.71. The molecule has 2 heterocycles. The minimum atomic E-state index is -0.578. The number of benzene rings is 1. The van der Waals surface area contributed by atoms with Gasteiger partial charge in [-0.3, -0.25) is 9.59 Å². The number of para-hydroxylation sites is 1. The van der Waals surface area contributed by atoms with Gasteiger partial charge >= 0.3 is 0 Å². The van der Waals surface area contributed by atoms with Gasteiger partial charge in [-0.1, -0.05) is 49.3 Å². The molecule has 32 heavy (non-hydrogen) atoms. The van der Waals surface area contributed by atoms with Crippen molar-refractivity contribution in [3.63, 3.8) is 0 Å². The lowest BCUT2D eigenvalue weighted by atomic mass is 10.2. The molecule has 0 spiro atoms. The van der Waals surface area contributed by atoms with Crippen molar-refractivity contribution in [2.24, 2.45) is 5.73 Å². The van der Waals surface area contributed by atoms with E-state index in [1.54, 1.807) is 23.6 Å². The van der Waals surface area contributed by atoms with Crippen LogP contribution in [0.25, 0.3) is 0 Å². The Labute approximate surface area is 199 Å². The zero-order chi connectivity index (χ0) is 23.1. The summed E-state index contributed by atoms with van der Waals surface area (Å²) < 4.78 is 7.88. The Kier molecular flexibility index (Phi) is 8.54. The summed E-state index contributed by atoms with van der Waals surface area (Å²) in [6, 6.07) is 9.00. The van der Waals surface area contributed by atoms with Gasteiger partial charge in [0.2, 0.25) is 5.91 Å². The zero-order valence-corrected chi connectivity index (χ0v) is 20.1. The average Bonchev–Trinajstić information content (AvgIpc) is 3.40. The minimum absolute atomic E-state index is 0.111. The molecule has 0 saturated heterocycles. The zero-order valence-electron chi connectivity index (χ0n) is 17.7. The van der Waals surface area contributed by atoms with E-state index in [4.69, 9.17) is 22.1 Å². The first-order valence-corrected chi connectivity index (χ1v) is 12.3. The van der Waals surface area contributed by atoms with Gasteiger partial charge in [-0.25, -0.2) is 0 Å². The van der Waals surface area contributed by atoms with Crippen molar-refractivity contribution >= 4 is 51.5 Å². The second-order valence-corrected chi connectivity index (χ2v) is 9.09. The third-order valence-corrected chi connectivity index (χ3v) is 6.84. The van der Waals surface area contributed by atoms with Gasteiger partial charge in [-0.05, 0) is 36.4 Å². The second-order valence-electron chi connectivity index (χ2n) is 6.82. The number of carbonyl (C=O) groups excluding carboxylic acids is 2. The van der Waals surface area contributed by atoms with E-state index in [9.17, 15) is 9.59 Å². The molecule has 8 nitrogen and oxygen atoms in total. The van der Waals surface area contributed by atoms with Gasteiger partial charge in [-0.2, -0.15) is 0 Å². The Morgan fingerprint density at radius 2 is 2.00 bits per heavy atom. The molecular weight excluding hydrogens is 470 g/mol. The van der Waals surface area contributed by atoms with Crippen LogP contribution < -0.4 is 15.8 Å². The van der Waals surface area contributed by atoms with E-state index in [0.717, 1.165) is 12.8 Å². The normalized spacial score (nSPS) is 11.0. The number of hydrogen-bond acceptors (Lipinski definition) is 7. The lowest BCUT2D eigenvalue weighted by molar-refractivity contribution is -0.113. The molecule has 0 radical (unpaired) electrons. The number of halogens is 1. The maximum Gasteiger partial charge on any atom is 0.251 e. The summed E-state index contributed by atoms with van der Waals surface area (Å²) in [6.07, 6.45) is 1.76. The van der Waals surface area contributed by atoms with Gasteiger partial charge in [0.1, 0.15) is 17.4 Å². The number of carbonyl (C=O) groups is 2. The Morgan fingerprint density at radius 3 is 2.69 bits per heavy atom. The molecule has 1 aromatic carbocycles. The molecule has 0 aliphatic carbocycles. The number of nitrogens with two attached hydrogens (primary N) is 1. The summed E-state index contributed by atoms with van der Waals surface area (Å²) in [7, 11) is 0. The number of anilines is 1. The molecule has 3 rings (SSSR count). The van der Waals surface area contributed by atoms with Crippen molar-refractivity contribution in [2.45, 2.75) is 44.5 Å². The van der Waals surface area contributed by atoms with E-state index in [-0.39, 0.29) is 24.3 Å². The molecule has 0 bridgehead atoms. The standard InChI is InChI=1S/C21H24ClN5O3S2/c1-3-13(4-2)27-17(11-30-16-8-6-5-7-15(16)22)25-26-21(27)32-12-18(28)24-20-14(19(23)29)9-10-31-20/h5-10,13H,3-4,11-12H2,1-2H3,(H2,23,29)(H,24,28). The number of hydrogen-bond donors (Lipinski definition) is 2. The summed E-state index contributed by atoms with van der Waals surface area (Å²) in [6.45, 7) is 4.39. The topological polar surface area (TPSA) is 112 Å². The first kappa shape index (κ1) is 24.1. The van der Waals surface area contributed by atoms with Gasteiger partial charge in [0, 0.05) is 6.04 Å². The van der Waals surface area contributed by atoms with E-state index >= 15 is 0 Å². The number of ether oxygens (including phenoxy) is 1. The molecule has 3 aromatic rings. The number of thioether (sulfide) groups is 1. The second kappa shape index (κ2) is 11.3. The van der Waals surface area contributed by atoms with Gasteiger partial charge in [0.15, 0.2) is 11.0 Å². The maximum absolute atomic E-state index is 12.5. The third-order valence-electron chi connectivity index (χ3n) is 4.75. The molecule has 0 atom stereocenters. The quantitative estimate of drug-likeness (QED) is 0.372. The number of thiophene rings is 1. The fourth-order valence-electron chi connectivity index (χ4n) is 3.12. The van der Waals surface area contributed by atoms with Crippen molar-refractivity contribution in [3.05, 3.63) is 52.1 Å². The summed E-state index contributed by atoms with van der Waals surface area (Å²) in [5, 5.41) is 14.6. The predicted octanol–water partition coefficient (Wildman–Crippen LogP) is 4.76. The van der Waals surface area contributed by atoms with Gasteiger partial charge < -0.3 is 20.4 Å². The fraction of sp³-hybridized carbons (Fsp3) is 0.333. The monoisotopic (exact) mass is 493 g/mol. The van der Waals surface area contributed by atoms with Crippen LogP contribution in [0, 0.1) is 0 Å². The highest BCUT2D eigenvalue weighted by Crippen LogP contribution is 2.29. The maximum atomic E-state index is 12.5. The van der Waals surface area contributed by atoms with Crippen molar-refractivity contribution in [1.82, 2.24) is 14.8 Å². The van der Waals surface area contributed by atoms with Gasteiger partial charge in [0.25, 0.3) is 5.91 Å². The Balaban J connectivity index is 1.71. The third kappa shape index (κ3) is 5.81. The van der Waals surface area contributed by atoms with Crippen molar-refractivity contribution in [1.29, 1.82) is 0 Å². The van der Waals surface area contributed by atoms with Crippen LogP contribution in [0.5, 0.6) is 5.75 Å². The molecule has 0 saturated carbocycles. The summed E-state index contributed by atoms with van der Waals surface area (Å²) in [5.41, 5.74) is 5.63. The van der Waals surface area contributed by atoms with E-state index < -0.39 is 5.91 Å². The lowest BCUT2D eigenvalue weighted by Gasteiger charge is -2.19. The SMILES string of the molecule is CCC(CC)n1c(COc2ccccc2Cl)nnc1SCC(=O)Nc1sccc1C(N)=O. The lowest BCUT2D eigenvalue weighted by Crippen LogP contribution is -2.18.